The van der Waals surface area contributed by atoms with E-state index in [0.717, 1.165) is 11.6 Å². The largest absolute Gasteiger partial charge is 0.350 e. The second-order valence-electron chi connectivity index (χ2n) is 7.26. The van der Waals surface area contributed by atoms with Crippen molar-refractivity contribution in [1.82, 2.24) is 5.32 Å². The predicted octanol–water partition coefficient (Wildman–Crippen LogP) is 4.15. The Morgan fingerprint density at radius 2 is 1.26 bits per heavy atom. The highest BCUT2D eigenvalue weighted by Gasteiger charge is 2.32. The van der Waals surface area contributed by atoms with E-state index in [9.17, 15) is 4.79 Å². The molecule has 0 fully saturated rings. The van der Waals surface area contributed by atoms with Gasteiger partial charge in [0.15, 0.2) is 0 Å². The Labute approximate surface area is 163 Å². The lowest BCUT2D eigenvalue weighted by atomic mass is 10.1. The van der Waals surface area contributed by atoms with Crippen LogP contribution in [0.5, 0.6) is 0 Å². The van der Waals surface area contributed by atoms with Crippen molar-refractivity contribution in [3.8, 4) is 0 Å². The molecule has 1 atom stereocenters. The first-order chi connectivity index (χ1) is 13.1. The molecule has 0 aliphatic rings. The molecule has 3 aromatic rings. The van der Waals surface area contributed by atoms with Gasteiger partial charge in [-0.25, -0.2) is 0 Å². The molecule has 0 spiro atoms. The molecule has 27 heavy (non-hydrogen) atoms. The standard InChI is InChI=1S/C24H27NOSi/c1-20(21-12-6-3-7-13-21)25-24(26)18-19-27(2,22-14-8-4-9-15-22)23-16-10-5-11-17-23/h3-17,20H,18-19H2,1-2H3,(H,25,26). The molecule has 3 aromatic carbocycles. The summed E-state index contributed by atoms with van der Waals surface area (Å²) in [6.07, 6.45) is 0.545. The third-order valence-electron chi connectivity index (χ3n) is 5.35. The van der Waals surface area contributed by atoms with Crippen LogP contribution in [0.3, 0.4) is 0 Å². The average molecular weight is 374 g/mol. The highest BCUT2D eigenvalue weighted by Crippen LogP contribution is 2.16. The van der Waals surface area contributed by atoms with Crippen LogP contribution in [0.2, 0.25) is 12.6 Å². The van der Waals surface area contributed by atoms with Crippen LogP contribution in [0.1, 0.15) is 24.9 Å². The zero-order valence-electron chi connectivity index (χ0n) is 16.1. The maximum absolute atomic E-state index is 12.6. The molecule has 0 radical (unpaired) electrons. The van der Waals surface area contributed by atoms with Gasteiger partial charge in [-0.1, -0.05) is 108 Å². The zero-order chi connectivity index (χ0) is 19.1. The molecule has 138 valence electrons. The fourth-order valence-electron chi connectivity index (χ4n) is 3.57. The van der Waals surface area contributed by atoms with Crippen LogP contribution in [0.25, 0.3) is 0 Å². The van der Waals surface area contributed by atoms with Gasteiger partial charge in [0, 0.05) is 6.42 Å². The van der Waals surface area contributed by atoms with Crippen molar-refractivity contribution in [2.24, 2.45) is 0 Å². The van der Waals surface area contributed by atoms with Crippen LogP contribution in [0.15, 0.2) is 91.0 Å². The second kappa shape index (κ2) is 8.83. The SMILES string of the molecule is CC(NC(=O)CC[Si](C)(c1ccccc1)c1ccccc1)c1ccccc1. The van der Waals surface area contributed by atoms with Gasteiger partial charge >= 0.3 is 0 Å². The maximum Gasteiger partial charge on any atom is 0.220 e. The number of hydrogen-bond donors (Lipinski definition) is 1. The quantitative estimate of drug-likeness (QED) is 0.620. The maximum atomic E-state index is 12.6. The molecule has 3 heteroatoms. The van der Waals surface area contributed by atoms with Crippen LogP contribution in [-0.2, 0) is 4.79 Å². The Bertz CT molecular complexity index is 810. The Kier molecular flexibility index (Phi) is 6.25. The topological polar surface area (TPSA) is 29.1 Å². The molecule has 2 nitrogen and oxygen atoms in total. The van der Waals surface area contributed by atoms with Crippen molar-refractivity contribution in [3.05, 3.63) is 96.6 Å². The third kappa shape index (κ3) is 4.75. The highest BCUT2D eigenvalue weighted by molar-refractivity contribution is 7.01. The highest BCUT2D eigenvalue weighted by atomic mass is 28.3. The molecule has 0 aliphatic heterocycles. The predicted molar refractivity (Wildman–Crippen MR) is 116 cm³/mol. The molecule has 1 unspecified atom stereocenters. The number of hydrogen-bond acceptors (Lipinski definition) is 1. The fourth-order valence-corrected chi connectivity index (χ4v) is 7.06. The van der Waals surface area contributed by atoms with Crippen molar-refractivity contribution < 1.29 is 4.79 Å². The molecule has 0 aromatic heterocycles. The number of carbonyl (C=O) groups excluding carboxylic acids is 1. The lowest BCUT2D eigenvalue weighted by molar-refractivity contribution is -0.121. The van der Waals surface area contributed by atoms with E-state index < -0.39 is 8.07 Å². The molecule has 1 N–H and O–H groups in total. The van der Waals surface area contributed by atoms with Gasteiger partial charge in [0.2, 0.25) is 5.91 Å². The van der Waals surface area contributed by atoms with Gasteiger partial charge in [-0.05, 0) is 18.5 Å². The molecule has 1 amide bonds. The minimum Gasteiger partial charge on any atom is -0.350 e. The molecular formula is C24H27NOSi. The van der Waals surface area contributed by atoms with Crippen LogP contribution in [0.4, 0.5) is 0 Å². The molecule has 0 heterocycles. The van der Waals surface area contributed by atoms with Crippen molar-refractivity contribution in [2.45, 2.75) is 32.0 Å². The summed E-state index contributed by atoms with van der Waals surface area (Å²) in [7, 11) is -1.96. The number of benzene rings is 3. The van der Waals surface area contributed by atoms with Crippen molar-refractivity contribution in [2.75, 3.05) is 0 Å². The summed E-state index contributed by atoms with van der Waals surface area (Å²) >= 11 is 0. The summed E-state index contributed by atoms with van der Waals surface area (Å²) in [5, 5.41) is 5.91. The first-order valence-corrected chi connectivity index (χ1v) is 12.3. The van der Waals surface area contributed by atoms with Crippen molar-refractivity contribution >= 4 is 24.4 Å². The summed E-state index contributed by atoms with van der Waals surface area (Å²) in [4.78, 5) is 12.6. The summed E-state index contributed by atoms with van der Waals surface area (Å²) in [5.41, 5.74) is 1.14. The minimum absolute atomic E-state index is 0.0278. The van der Waals surface area contributed by atoms with E-state index >= 15 is 0 Å². The zero-order valence-corrected chi connectivity index (χ0v) is 17.1. The Hall–Kier alpha value is -2.65. The first kappa shape index (κ1) is 19.1. The van der Waals surface area contributed by atoms with Crippen molar-refractivity contribution in [1.29, 1.82) is 0 Å². The van der Waals surface area contributed by atoms with Crippen LogP contribution >= 0.6 is 0 Å². The van der Waals surface area contributed by atoms with Crippen LogP contribution in [0, 0.1) is 0 Å². The monoisotopic (exact) mass is 373 g/mol. The minimum atomic E-state index is -1.96. The van der Waals surface area contributed by atoms with E-state index in [-0.39, 0.29) is 11.9 Å². The van der Waals surface area contributed by atoms with Gasteiger partial charge in [0.1, 0.15) is 8.07 Å². The van der Waals surface area contributed by atoms with E-state index in [4.69, 9.17) is 0 Å². The second-order valence-corrected chi connectivity index (χ2v) is 11.6. The summed E-state index contributed by atoms with van der Waals surface area (Å²) in [5.74, 6) is 0.122. The Morgan fingerprint density at radius 1 is 0.815 bits per heavy atom. The lowest BCUT2D eigenvalue weighted by Gasteiger charge is -2.29. The first-order valence-electron chi connectivity index (χ1n) is 9.55. The van der Waals surface area contributed by atoms with Gasteiger partial charge in [-0.3, -0.25) is 4.79 Å². The molecule has 0 aliphatic carbocycles. The molecule has 0 saturated heterocycles. The van der Waals surface area contributed by atoms with Crippen LogP contribution < -0.4 is 15.7 Å². The van der Waals surface area contributed by atoms with Crippen molar-refractivity contribution in [3.63, 3.8) is 0 Å². The normalized spacial score (nSPS) is 12.4. The molecule has 3 rings (SSSR count). The molecular weight excluding hydrogens is 346 g/mol. The smallest absolute Gasteiger partial charge is 0.220 e. The summed E-state index contributed by atoms with van der Waals surface area (Å²) < 4.78 is 0. The van der Waals surface area contributed by atoms with E-state index in [1.807, 2.05) is 25.1 Å². The van der Waals surface area contributed by atoms with Gasteiger partial charge in [0.05, 0.1) is 6.04 Å². The fraction of sp³-hybridized carbons (Fsp3) is 0.208. The van der Waals surface area contributed by atoms with E-state index in [1.165, 1.54) is 10.4 Å². The summed E-state index contributed by atoms with van der Waals surface area (Å²) in [6.45, 7) is 4.41. The van der Waals surface area contributed by atoms with E-state index in [1.54, 1.807) is 0 Å². The molecule has 0 bridgehead atoms. The number of amides is 1. The summed E-state index contributed by atoms with van der Waals surface area (Å²) in [6, 6.07) is 32.4. The number of rotatable bonds is 7. The van der Waals surface area contributed by atoms with Gasteiger partial charge in [-0.15, -0.1) is 0 Å². The molecule has 0 saturated carbocycles. The average Bonchev–Trinajstić information content (AvgIpc) is 2.74. The lowest BCUT2D eigenvalue weighted by Crippen LogP contribution is -2.55. The van der Waals surface area contributed by atoms with Gasteiger partial charge in [-0.2, -0.15) is 0 Å². The third-order valence-corrected chi connectivity index (χ3v) is 9.82. The number of nitrogens with one attached hydrogen (secondary N) is 1. The van der Waals surface area contributed by atoms with E-state index in [2.05, 4.69) is 84.7 Å². The van der Waals surface area contributed by atoms with Gasteiger partial charge < -0.3 is 5.32 Å². The number of carbonyl (C=O) groups is 1. The van der Waals surface area contributed by atoms with E-state index in [0.29, 0.717) is 6.42 Å². The Morgan fingerprint density at radius 3 is 1.74 bits per heavy atom. The van der Waals surface area contributed by atoms with Gasteiger partial charge in [0.25, 0.3) is 0 Å². The Balaban J connectivity index is 1.73. The van der Waals surface area contributed by atoms with Crippen LogP contribution in [-0.4, -0.2) is 14.0 Å².